The normalized spacial score (nSPS) is 26.1. The summed E-state index contributed by atoms with van der Waals surface area (Å²) in [5, 5.41) is 9.41. The summed E-state index contributed by atoms with van der Waals surface area (Å²) >= 11 is 2.04. The predicted octanol–water partition coefficient (Wildman–Crippen LogP) is 2.07. The second kappa shape index (κ2) is 6.38. The molecule has 0 spiro atoms. The first-order chi connectivity index (χ1) is 7.13. The first-order valence-electron chi connectivity index (χ1n) is 5.67. The first kappa shape index (κ1) is 12.8. The highest BCUT2D eigenvalue weighted by atomic mass is 32.2. The number of nitrogens with zero attached hydrogens (tertiary/aromatic N) is 1. The lowest BCUT2D eigenvalue weighted by atomic mass is 10.2. The zero-order valence-corrected chi connectivity index (χ0v) is 10.4. The van der Waals surface area contributed by atoms with Gasteiger partial charge in [-0.2, -0.15) is 11.8 Å². The maximum atomic E-state index is 10.5. The van der Waals surface area contributed by atoms with Gasteiger partial charge in [-0.25, -0.2) is 0 Å². The number of carboxylic acids is 1. The van der Waals surface area contributed by atoms with Gasteiger partial charge in [0.25, 0.3) is 0 Å². The molecule has 2 atom stereocenters. The van der Waals surface area contributed by atoms with Crippen LogP contribution in [0.4, 0.5) is 0 Å². The van der Waals surface area contributed by atoms with E-state index in [9.17, 15) is 4.79 Å². The molecule has 1 aliphatic rings. The van der Waals surface area contributed by atoms with E-state index in [1.807, 2.05) is 18.8 Å². The van der Waals surface area contributed by atoms with E-state index in [1.54, 1.807) is 0 Å². The van der Waals surface area contributed by atoms with Crippen molar-refractivity contribution < 1.29 is 9.90 Å². The Morgan fingerprint density at radius 2 is 2.27 bits per heavy atom. The molecule has 1 aliphatic carbocycles. The van der Waals surface area contributed by atoms with E-state index in [0.717, 1.165) is 5.25 Å². The highest BCUT2D eigenvalue weighted by Gasteiger charge is 2.27. The van der Waals surface area contributed by atoms with Gasteiger partial charge in [0.05, 0.1) is 6.42 Å². The van der Waals surface area contributed by atoms with Gasteiger partial charge in [0.1, 0.15) is 0 Å². The van der Waals surface area contributed by atoms with Crippen molar-refractivity contribution in [2.45, 2.75) is 43.9 Å². The van der Waals surface area contributed by atoms with Crippen molar-refractivity contribution in [1.29, 1.82) is 0 Å². The lowest BCUT2D eigenvalue weighted by molar-refractivity contribution is -0.137. The van der Waals surface area contributed by atoms with Gasteiger partial charge in [-0.15, -0.1) is 0 Å². The van der Waals surface area contributed by atoms with Crippen molar-refractivity contribution in [3.8, 4) is 0 Å². The molecule has 88 valence electrons. The lowest BCUT2D eigenvalue weighted by Crippen LogP contribution is -2.31. The fourth-order valence-corrected chi connectivity index (χ4v) is 3.29. The molecule has 0 heterocycles. The molecule has 15 heavy (non-hydrogen) atoms. The number of carbonyl (C=O) groups is 1. The number of aliphatic carboxylic acids is 1. The average Bonchev–Trinajstić information content (AvgIpc) is 2.63. The minimum atomic E-state index is -0.695. The molecule has 0 amide bonds. The summed E-state index contributed by atoms with van der Waals surface area (Å²) in [6.07, 6.45) is 4.02. The number of carboxylic acid groups (broad SMARTS) is 1. The highest BCUT2D eigenvalue weighted by Crippen LogP contribution is 2.32. The van der Waals surface area contributed by atoms with Crippen LogP contribution in [-0.2, 0) is 4.79 Å². The summed E-state index contributed by atoms with van der Waals surface area (Å²) in [6.45, 7) is 2.88. The molecule has 0 unspecified atom stereocenters. The van der Waals surface area contributed by atoms with Crippen LogP contribution >= 0.6 is 11.8 Å². The third kappa shape index (κ3) is 4.43. The molecular weight excluding hydrogens is 210 g/mol. The van der Waals surface area contributed by atoms with E-state index in [2.05, 4.69) is 11.8 Å². The number of hydrogen-bond acceptors (Lipinski definition) is 3. The molecule has 1 fully saturated rings. The number of hydrogen-bond donors (Lipinski definition) is 1. The van der Waals surface area contributed by atoms with Crippen molar-refractivity contribution in [2.75, 3.05) is 19.3 Å². The van der Waals surface area contributed by atoms with Gasteiger partial charge in [-0.05, 0) is 32.1 Å². The van der Waals surface area contributed by atoms with Gasteiger partial charge in [0.2, 0.25) is 0 Å². The Balaban J connectivity index is 2.23. The summed E-state index contributed by atoms with van der Waals surface area (Å²) in [7, 11) is 2.05. The summed E-state index contributed by atoms with van der Waals surface area (Å²) in [5.41, 5.74) is 0. The smallest absolute Gasteiger partial charge is 0.304 e. The van der Waals surface area contributed by atoms with E-state index in [-0.39, 0.29) is 6.42 Å². The van der Waals surface area contributed by atoms with Gasteiger partial charge in [-0.3, -0.25) is 4.79 Å². The van der Waals surface area contributed by atoms with Crippen LogP contribution in [0.2, 0.25) is 0 Å². The van der Waals surface area contributed by atoms with Crippen LogP contribution in [0.5, 0.6) is 0 Å². The standard InChI is InChI=1S/C11H21NO2S/c1-3-15-10-5-4-9(8-10)12(2)7-6-11(13)14/h9-10H,3-8H2,1-2H3,(H,13,14)/t9-,10+/m1/s1. The molecule has 0 bridgehead atoms. The van der Waals surface area contributed by atoms with Crippen molar-refractivity contribution >= 4 is 17.7 Å². The molecule has 1 rings (SSSR count). The van der Waals surface area contributed by atoms with Crippen LogP contribution in [-0.4, -0.2) is 46.6 Å². The van der Waals surface area contributed by atoms with Crippen molar-refractivity contribution in [1.82, 2.24) is 4.90 Å². The molecule has 4 heteroatoms. The second-order valence-electron chi connectivity index (χ2n) is 4.17. The van der Waals surface area contributed by atoms with Crippen LogP contribution < -0.4 is 0 Å². The Morgan fingerprint density at radius 1 is 1.53 bits per heavy atom. The Kier molecular flexibility index (Phi) is 5.47. The van der Waals surface area contributed by atoms with Gasteiger partial charge >= 0.3 is 5.97 Å². The molecular formula is C11H21NO2S. The average molecular weight is 231 g/mol. The van der Waals surface area contributed by atoms with Crippen molar-refractivity contribution in [2.24, 2.45) is 0 Å². The first-order valence-corrected chi connectivity index (χ1v) is 6.72. The zero-order chi connectivity index (χ0) is 11.3. The minimum absolute atomic E-state index is 0.262. The zero-order valence-electron chi connectivity index (χ0n) is 9.61. The van der Waals surface area contributed by atoms with Gasteiger partial charge in [0, 0.05) is 17.8 Å². The van der Waals surface area contributed by atoms with Gasteiger partial charge < -0.3 is 10.0 Å². The summed E-state index contributed by atoms with van der Waals surface area (Å²) in [6, 6.07) is 0.605. The topological polar surface area (TPSA) is 40.5 Å². The maximum Gasteiger partial charge on any atom is 0.304 e. The minimum Gasteiger partial charge on any atom is -0.481 e. The molecule has 0 aromatic carbocycles. The van der Waals surface area contributed by atoms with Crippen LogP contribution in [0.15, 0.2) is 0 Å². The molecule has 0 aromatic heterocycles. The van der Waals surface area contributed by atoms with Gasteiger partial charge in [0.15, 0.2) is 0 Å². The van der Waals surface area contributed by atoms with Crippen LogP contribution in [0.3, 0.4) is 0 Å². The molecule has 0 radical (unpaired) electrons. The van der Waals surface area contributed by atoms with E-state index in [1.165, 1.54) is 25.0 Å². The fourth-order valence-electron chi connectivity index (χ4n) is 2.16. The van der Waals surface area contributed by atoms with Gasteiger partial charge in [-0.1, -0.05) is 6.92 Å². The lowest BCUT2D eigenvalue weighted by Gasteiger charge is -2.23. The van der Waals surface area contributed by atoms with E-state index < -0.39 is 5.97 Å². The maximum absolute atomic E-state index is 10.5. The number of thioether (sulfide) groups is 1. The third-order valence-corrected chi connectivity index (χ3v) is 4.29. The quantitative estimate of drug-likeness (QED) is 0.759. The molecule has 1 N–H and O–H groups in total. The van der Waals surface area contributed by atoms with Crippen LogP contribution in [0.25, 0.3) is 0 Å². The fraction of sp³-hybridized carbons (Fsp3) is 0.909. The summed E-state index contributed by atoms with van der Waals surface area (Å²) < 4.78 is 0. The van der Waals surface area contributed by atoms with E-state index in [0.29, 0.717) is 12.6 Å². The van der Waals surface area contributed by atoms with E-state index >= 15 is 0 Å². The van der Waals surface area contributed by atoms with Crippen molar-refractivity contribution in [3.05, 3.63) is 0 Å². The predicted molar refractivity (Wildman–Crippen MR) is 64.4 cm³/mol. The SMILES string of the molecule is CCS[C@H]1CC[C@@H](N(C)CCC(=O)O)C1. The Hall–Kier alpha value is -0.220. The molecule has 0 aromatic rings. The second-order valence-corrected chi connectivity index (χ2v) is 5.75. The molecule has 3 nitrogen and oxygen atoms in total. The van der Waals surface area contributed by atoms with Crippen LogP contribution in [0, 0.1) is 0 Å². The summed E-state index contributed by atoms with van der Waals surface area (Å²) in [4.78, 5) is 12.7. The molecule has 1 saturated carbocycles. The Labute approximate surface area is 96.2 Å². The van der Waals surface area contributed by atoms with Crippen molar-refractivity contribution in [3.63, 3.8) is 0 Å². The molecule has 0 saturated heterocycles. The Bertz CT molecular complexity index is 211. The monoisotopic (exact) mass is 231 g/mol. The van der Waals surface area contributed by atoms with E-state index in [4.69, 9.17) is 5.11 Å². The largest absolute Gasteiger partial charge is 0.481 e. The third-order valence-electron chi connectivity index (χ3n) is 3.06. The van der Waals surface area contributed by atoms with Crippen LogP contribution in [0.1, 0.15) is 32.6 Å². The number of rotatable bonds is 6. The summed E-state index contributed by atoms with van der Waals surface area (Å²) in [5.74, 6) is 0.496. The molecule has 0 aliphatic heterocycles. The Morgan fingerprint density at radius 3 is 2.87 bits per heavy atom. The highest BCUT2D eigenvalue weighted by molar-refractivity contribution is 7.99.